The molecule has 0 aliphatic carbocycles. The molecule has 1 unspecified atom stereocenters. The number of rotatable bonds is 5. The van der Waals surface area contributed by atoms with E-state index in [0.29, 0.717) is 17.3 Å². The highest BCUT2D eigenvalue weighted by Crippen LogP contribution is 2.39. The van der Waals surface area contributed by atoms with Crippen LogP contribution in [-0.2, 0) is 11.3 Å². The molecule has 4 rings (SSSR count). The van der Waals surface area contributed by atoms with Crippen molar-refractivity contribution in [2.24, 2.45) is 5.41 Å². The van der Waals surface area contributed by atoms with Gasteiger partial charge in [0, 0.05) is 29.0 Å². The van der Waals surface area contributed by atoms with E-state index in [0.717, 1.165) is 23.2 Å². The lowest BCUT2D eigenvalue weighted by atomic mass is 9.85. The molecule has 2 aliphatic heterocycles. The number of amides is 3. The van der Waals surface area contributed by atoms with Crippen LogP contribution in [0.4, 0.5) is 4.79 Å². The summed E-state index contributed by atoms with van der Waals surface area (Å²) in [6.07, 6.45) is 4.62. The van der Waals surface area contributed by atoms with Gasteiger partial charge in [0.15, 0.2) is 0 Å². The average molecular weight is 452 g/mol. The van der Waals surface area contributed by atoms with Crippen molar-refractivity contribution in [1.82, 2.24) is 19.7 Å². The first-order valence-corrected chi connectivity index (χ1v) is 10.9. The molecular formula is C24H26ClN5O2. The third-order valence-corrected chi connectivity index (χ3v) is 5.96. The summed E-state index contributed by atoms with van der Waals surface area (Å²) in [5, 5.41) is 9.94. The van der Waals surface area contributed by atoms with Gasteiger partial charge in [0.2, 0.25) is 0 Å². The third-order valence-electron chi connectivity index (χ3n) is 5.71. The zero-order valence-electron chi connectivity index (χ0n) is 18.4. The van der Waals surface area contributed by atoms with Crippen LogP contribution >= 0.6 is 11.6 Å². The summed E-state index contributed by atoms with van der Waals surface area (Å²) < 4.78 is 0. The molecule has 8 heteroatoms. The minimum absolute atomic E-state index is 0.00291. The predicted molar refractivity (Wildman–Crippen MR) is 122 cm³/mol. The molecule has 1 fully saturated rings. The summed E-state index contributed by atoms with van der Waals surface area (Å²) in [5.74, 6) is -0.220. The molecule has 3 amide bonds. The molecule has 2 aromatic rings. The summed E-state index contributed by atoms with van der Waals surface area (Å²) in [4.78, 5) is 33.9. The largest absolute Gasteiger partial charge is 0.351 e. The zero-order valence-corrected chi connectivity index (χ0v) is 19.2. The van der Waals surface area contributed by atoms with Gasteiger partial charge in [0.1, 0.15) is 25.0 Å². The molecule has 1 saturated heterocycles. The van der Waals surface area contributed by atoms with E-state index in [2.05, 4.69) is 31.8 Å². The quantitative estimate of drug-likeness (QED) is 0.666. The van der Waals surface area contributed by atoms with Gasteiger partial charge in [-0.25, -0.2) is 9.69 Å². The molecule has 166 valence electrons. The number of hydrogen-bond acceptors (Lipinski definition) is 4. The van der Waals surface area contributed by atoms with Crippen molar-refractivity contribution in [2.45, 2.75) is 39.8 Å². The number of nitrogens with zero attached hydrogens (tertiary/aromatic N) is 4. The van der Waals surface area contributed by atoms with Gasteiger partial charge in [-0.1, -0.05) is 44.5 Å². The van der Waals surface area contributed by atoms with Crippen molar-refractivity contribution in [2.75, 3.05) is 13.2 Å². The number of H-pyrrole nitrogens is 1. The van der Waals surface area contributed by atoms with Crippen LogP contribution in [0.15, 0.2) is 36.5 Å². The maximum atomic E-state index is 13.1. The lowest BCUT2D eigenvalue weighted by Gasteiger charge is -2.38. The zero-order chi connectivity index (χ0) is 23.0. The number of urea groups is 1. The fourth-order valence-corrected chi connectivity index (χ4v) is 4.31. The second kappa shape index (κ2) is 8.36. The van der Waals surface area contributed by atoms with E-state index in [1.165, 1.54) is 4.90 Å². The van der Waals surface area contributed by atoms with Crippen LogP contribution in [0, 0.1) is 16.7 Å². The topological polar surface area (TPSA) is 83.4 Å². The van der Waals surface area contributed by atoms with Crippen molar-refractivity contribution in [3.8, 4) is 6.07 Å². The molecule has 1 N–H and O–H groups in total. The maximum absolute atomic E-state index is 13.1. The monoisotopic (exact) mass is 451 g/mol. The molecule has 1 aromatic carbocycles. The molecule has 1 atom stereocenters. The van der Waals surface area contributed by atoms with Gasteiger partial charge in [-0.15, -0.1) is 0 Å². The number of carbonyl (C=O) groups is 2. The fourth-order valence-electron chi connectivity index (χ4n) is 4.18. The van der Waals surface area contributed by atoms with Crippen molar-refractivity contribution >= 4 is 29.6 Å². The van der Waals surface area contributed by atoms with Crippen LogP contribution in [0.5, 0.6) is 0 Å². The first-order valence-electron chi connectivity index (χ1n) is 10.6. The summed E-state index contributed by atoms with van der Waals surface area (Å²) in [6, 6.07) is 10.9. The SMILES string of the molecule is CC(C)(C)CC1c2[nH]c(C#N)cc2C=CN1CN1C(=O)CN(Cc2ccc(Cl)cc2)C1=O. The summed E-state index contributed by atoms with van der Waals surface area (Å²) >= 11 is 5.94. The Labute approximate surface area is 192 Å². The first kappa shape index (κ1) is 22.0. The molecule has 2 aliphatic rings. The molecule has 32 heavy (non-hydrogen) atoms. The van der Waals surface area contributed by atoms with Crippen molar-refractivity contribution in [3.63, 3.8) is 0 Å². The van der Waals surface area contributed by atoms with E-state index in [1.807, 2.05) is 35.4 Å². The molecule has 0 spiro atoms. The number of aromatic nitrogens is 1. The maximum Gasteiger partial charge on any atom is 0.329 e. The normalized spacial score (nSPS) is 18.3. The average Bonchev–Trinajstić information content (AvgIpc) is 3.27. The number of carbonyl (C=O) groups excluding carboxylic acids is 2. The lowest BCUT2D eigenvalue weighted by molar-refractivity contribution is -0.126. The van der Waals surface area contributed by atoms with Crippen LogP contribution in [0.3, 0.4) is 0 Å². The van der Waals surface area contributed by atoms with Gasteiger partial charge in [-0.2, -0.15) is 5.26 Å². The number of fused-ring (bicyclic) bond motifs is 1. The van der Waals surface area contributed by atoms with Crippen LogP contribution in [0.25, 0.3) is 6.08 Å². The van der Waals surface area contributed by atoms with Crippen molar-refractivity contribution < 1.29 is 9.59 Å². The molecular weight excluding hydrogens is 426 g/mol. The van der Waals surface area contributed by atoms with Crippen LogP contribution in [-0.4, -0.2) is 44.8 Å². The van der Waals surface area contributed by atoms with E-state index in [-0.39, 0.29) is 36.6 Å². The Bertz CT molecular complexity index is 1110. The number of aromatic amines is 1. The Kier molecular flexibility index (Phi) is 5.74. The molecule has 7 nitrogen and oxygen atoms in total. The van der Waals surface area contributed by atoms with Crippen LogP contribution in [0.1, 0.15) is 55.7 Å². The fraction of sp³-hybridized carbons (Fsp3) is 0.375. The standard InChI is InChI=1S/C24H26ClN5O2/c1-24(2,3)11-20-22-17(10-19(12-26)27-22)8-9-28(20)15-30-21(31)14-29(23(30)32)13-16-4-6-18(25)7-5-16/h4-10,20,27H,11,13-15H2,1-3H3. The second-order valence-electron chi connectivity index (χ2n) is 9.50. The molecule has 0 saturated carbocycles. The highest BCUT2D eigenvalue weighted by Gasteiger charge is 2.39. The Morgan fingerprint density at radius 3 is 2.59 bits per heavy atom. The van der Waals surface area contributed by atoms with Crippen molar-refractivity contribution in [1.29, 1.82) is 5.26 Å². The van der Waals surface area contributed by atoms with Gasteiger partial charge in [0.25, 0.3) is 5.91 Å². The molecule has 0 bridgehead atoms. The summed E-state index contributed by atoms with van der Waals surface area (Å²) in [6.45, 7) is 7.01. The van der Waals surface area contributed by atoms with Crippen LogP contribution < -0.4 is 0 Å². The number of benzene rings is 1. The van der Waals surface area contributed by atoms with E-state index < -0.39 is 0 Å². The van der Waals surface area contributed by atoms with Crippen LogP contribution in [0.2, 0.25) is 5.02 Å². The van der Waals surface area contributed by atoms with Gasteiger partial charge in [-0.3, -0.25) is 4.79 Å². The predicted octanol–water partition coefficient (Wildman–Crippen LogP) is 4.73. The summed E-state index contributed by atoms with van der Waals surface area (Å²) in [5.41, 5.74) is 3.33. The second-order valence-corrected chi connectivity index (χ2v) is 9.94. The Hall–Kier alpha value is -3.24. The summed E-state index contributed by atoms with van der Waals surface area (Å²) in [7, 11) is 0. The molecule has 0 radical (unpaired) electrons. The smallest absolute Gasteiger partial charge is 0.329 e. The van der Waals surface area contributed by atoms with E-state index in [1.54, 1.807) is 17.0 Å². The number of nitriles is 1. The Morgan fingerprint density at radius 1 is 1.22 bits per heavy atom. The van der Waals surface area contributed by atoms with E-state index >= 15 is 0 Å². The van der Waals surface area contributed by atoms with Gasteiger partial charge in [0.05, 0.1) is 6.04 Å². The third kappa shape index (κ3) is 4.51. The highest BCUT2D eigenvalue weighted by molar-refractivity contribution is 6.30. The molecule has 3 heterocycles. The number of nitrogens with one attached hydrogen (secondary N) is 1. The lowest BCUT2D eigenvalue weighted by Crippen LogP contribution is -2.43. The van der Waals surface area contributed by atoms with E-state index in [9.17, 15) is 14.9 Å². The number of imide groups is 1. The number of hydrogen-bond donors (Lipinski definition) is 1. The minimum atomic E-state index is -0.303. The van der Waals surface area contributed by atoms with Gasteiger partial charge >= 0.3 is 6.03 Å². The molecule has 1 aromatic heterocycles. The Balaban J connectivity index is 1.53. The minimum Gasteiger partial charge on any atom is -0.351 e. The highest BCUT2D eigenvalue weighted by atomic mass is 35.5. The van der Waals surface area contributed by atoms with Gasteiger partial charge < -0.3 is 14.8 Å². The Morgan fingerprint density at radius 2 is 1.94 bits per heavy atom. The van der Waals surface area contributed by atoms with Crippen molar-refractivity contribution in [3.05, 3.63) is 64.1 Å². The first-order chi connectivity index (χ1) is 15.1. The van der Waals surface area contributed by atoms with E-state index in [4.69, 9.17) is 11.6 Å². The van der Waals surface area contributed by atoms with Gasteiger partial charge in [-0.05, 0) is 41.7 Å². The number of halogens is 1.